The molecular weight excluding hydrogens is 519 g/mol. The molecule has 2 aromatic heterocycles. The Morgan fingerprint density at radius 3 is 2.67 bits per heavy atom. The number of pyridine rings is 1. The molecule has 2 aliphatic heterocycles. The van der Waals surface area contributed by atoms with Gasteiger partial charge in [0.2, 0.25) is 0 Å². The van der Waals surface area contributed by atoms with Crippen molar-refractivity contribution >= 4 is 35.0 Å². The van der Waals surface area contributed by atoms with Crippen LogP contribution in [0.1, 0.15) is 22.6 Å². The van der Waals surface area contributed by atoms with Crippen molar-refractivity contribution in [3.05, 3.63) is 70.1 Å². The number of piperazine rings is 1. The second-order valence-corrected chi connectivity index (χ2v) is 10.4. The number of hydrogen-bond acceptors (Lipinski definition) is 9. The Balaban J connectivity index is 1.22. The number of morpholine rings is 1. The number of likely N-dealkylation sites (N-methyl/N-ethyl adjacent to an activating group) is 1. The summed E-state index contributed by atoms with van der Waals surface area (Å²) in [5.41, 5.74) is 4.72. The molecule has 2 saturated heterocycles. The lowest BCUT2D eigenvalue weighted by atomic mass is 10.1. The molecule has 1 aromatic carbocycles. The summed E-state index contributed by atoms with van der Waals surface area (Å²) in [7, 11) is 2.16. The van der Waals surface area contributed by atoms with Gasteiger partial charge in [-0.15, -0.1) is 0 Å². The SMILES string of the molecule is Cc1cc(CN2CCN(C)CC2)cc(Cl)c1Nc1ccnc(C=NCc2ncc(F)c(N3CCOCC3)n2)c1. The maximum atomic E-state index is 14.3. The van der Waals surface area contributed by atoms with E-state index < -0.39 is 5.82 Å². The molecule has 0 aliphatic carbocycles. The standard InChI is InChI=1S/C28H34ClFN8O/c1-20-13-21(19-37-7-5-36(2)6-8-37)14-24(29)27(20)34-22-3-4-32-23(15-22)16-31-18-26-33-17-25(30)28(35-26)38-9-11-39-12-10-38/h3-4,13-17H,5-12,18-19H2,1-2H3,(H,32,34). The van der Waals surface area contributed by atoms with E-state index in [0.29, 0.717) is 48.7 Å². The van der Waals surface area contributed by atoms with Crippen molar-refractivity contribution in [1.82, 2.24) is 24.8 Å². The van der Waals surface area contributed by atoms with Gasteiger partial charge in [0.15, 0.2) is 17.5 Å². The van der Waals surface area contributed by atoms with Gasteiger partial charge >= 0.3 is 0 Å². The van der Waals surface area contributed by atoms with Crippen LogP contribution in [0.25, 0.3) is 0 Å². The van der Waals surface area contributed by atoms with Crippen LogP contribution in [-0.4, -0.2) is 90.5 Å². The third-order valence-electron chi connectivity index (χ3n) is 6.94. The van der Waals surface area contributed by atoms with Gasteiger partial charge in [0.05, 0.1) is 42.4 Å². The van der Waals surface area contributed by atoms with Gasteiger partial charge in [0.1, 0.15) is 0 Å². The van der Waals surface area contributed by atoms with Crippen LogP contribution in [0.4, 0.5) is 21.6 Å². The molecule has 0 bridgehead atoms. The van der Waals surface area contributed by atoms with Crippen molar-refractivity contribution in [3.63, 3.8) is 0 Å². The fourth-order valence-electron chi connectivity index (χ4n) is 4.76. The van der Waals surface area contributed by atoms with E-state index in [1.165, 1.54) is 11.8 Å². The molecule has 4 heterocycles. The number of anilines is 3. The van der Waals surface area contributed by atoms with Crippen LogP contribution in [0.2, 0.25) is 5.02 Å². The molecule has 0 spiro atoms. The molecule has 5 rings (SSSR count). The highest BCUT2D eigenvalue weighted by atomic mass is 35.5. The topological polar surface area (TPSA) is 82.0 Å². The quantitative estimate of drug-likeness (QED) is 0.421. The highest BCUT2D eigenvalue weighted by molar-refractivity contribution is 6.33. The Morgan fingerprint density at radius 2 is 1.90 bits per heavy atom. The number of halogens is 2. The lowest BCUT2D eigenvalue weighted by Crippen LogP contribution is -2.43. The Kier molecular flexibility index (Phi) is 8.98. The number of rotatable bonds is 8. The van der Waals surface area contributed by atoms with Crippen molar-refractivity contribution in [1.29, 1.82) is 0 Å². The molecule has 9 nitrogen and oxygen atoms in total. The second kappa shape index (κ2) is 12.8. The monoisotopic (exact) mass is 552 g/mol. The summed E-state index contributed by atoms with van der Waals surface area (Å²) in [6, 6.07) is 8.04. The molecule has 2 aliphatic rings. The van der Waals surface area contributed by atoms with Gasteiger partial charge in [-0.1, -0.05) is 17.7 Å². The summed E-state index contributed by atoms with van der Waals surface area (Å²) < 4.78 is 19.6. The maximum absolute atomic E-state index is 14.3. The van der Waals surface area contributed by atoms with Crippen molar-refractivity contribution < 1.29 is 9.13 Å². The van der Waals surface area contributed by atoms with E-state index in [0.717, 1.165) is 49.7 Å². The Labute approximate surface area is 233 Å². The van der Waals surface area contributed by atoms with E-state index in [4.69, 9.17) is 16.3 Å². The number of nitrogens with one attached hydrogen (secondary N) is 1. The number of benzene rings is 1. The van der Waals surface area contributed by atoms with Gasteiger partial charge in [0.25, 0.3) is 0 Å². The summed E-state index contributed by atoms with van der Waals surface area (Å²) in [5.74, 6) is 0.304. The van der Waals surface area contributed by atoms with E-state index >= 15 is 0 Å². The van der Waals surface area contributed by atoms with Crippen LogP contribution in [0.5, 0.6) is 0 Å². The molecular formula is C28H34ClFN8O. The number of aryl methyl sites for hydroxylation is 1. The Hall–Kier alpha value is -3.18. The van der Waals surface area contributed by atoms with Gasteiger partial charge in [0, 0.05) is 63.9 Å². The zero-order chi connectivity index (χ0) is 27.2. The van der Waals surface area contributed by atoms with Crippen molar-refractivity contribution in [2.24, 2.45) is 4.99 Å². The number of aromatic nitrogens is 3. The molecule has 3 aromatic rings. The largest absolute Gasteiger partial charge is 0.378 e. The summed E-state index contributed by atoms with van der Waals surface area (Å²) in [4.78, 5) is 24.0. The number of hydrogen-bond donors (Lipinski definition) is 1. The average Bonchev–Trinajstić information content (AvgIpc) is 2.94. The predicted molar refractivity (Wildman–Crippen MR) is 153 cm³/mol. The maximum Gasteiger partial charge on any atom is 0.183 e. The first-order valence-corrected chi connectivity index (χ1v) is 13.6. The van der Waals surface area contributed by atoms with Crippen molar-refractivity contribution in [3.8, 4) is 0 Å². The third kappa shape index (κ3) is 7.27. The van der Waals surface area contributed by atoms with Crippen LogP contribution >= 0.6 is 11.6 Å². The van der Waals surface area contributed by atoms with E-state index in [1.807, 2.05) is 23.1 Å². The fraction of sp³-hybridized carbons (Fsp3) is 0.429. The molecule has 11 heteroatoms. The zero-order valence-corrected chi connectivity index (χ0v) is 23.2. The zero-order valence-electron chi connectivity index (χ0n) is 22.4. The number of ether oxygens (including phenoxy) is 1. The van der Waals surface area contributed by atoms with E-state index in [9.17, 15) is 4.39 Å². The highest BCUT2D eigenvalue weighted by Crippen LogP contribution is 2.31. The number of aliphatic imine (C=N–C) groups is 1. The van der Waals surface area contributed by atoms with Gasteiger partial charge in [-0.25, -0.2) is 14.4 Å². The van der Waals surface area contributed by atoms with Gasteiger partial charge < -0.3 is 19.9 Å². The molecule has 1 N–H and O–H groups in total. The van der Waals surface area contributed by atoms with Crippen LogP contribution in [0.3, 0.4) is 0 Å². The smallest absolute Gasteiger partial charge is 0.183 e. The third-order valence-corrected chi connectivity index (χ3v) is 7.24. The lowest BCUT2D eigenvalue weighted by Gasteiger charge is -2.32. The molecule has 2 fully saturated rings. The van der Waals surface area contributed by atoms with Crippen LogP contribution in [0.15, 0.2) is 41.7 Å². The van der Waals surface area contributed by atoms with E-state index in [1.54, 1.807) is 12.4 Å². The first-order valence-electron chi connectivity index (χ1n) is 13.2. The molecule has 0 unspecified atom stereocenters. The lowest BCUT2D eigenvalue weighted by molar-refractivity contribution is 0.122. The van der Waals surface area contributed by atoms with Crippen molar-refractivity contribution in [2.75, 3.05) is 69.7 Å². The summed E-state index contributed by atoms with van der Waals surface area (Å²) in [6.45, 7) is 9.81. The van der Waals surface area contributed by atoms with E-state index in [-0.39, 0.29) is 6.54 Å². The number of nitrogens with zero attached hydrogens (tertiary/aromatic N) is 7. The molecule has 0 amide bonds. The molecule has 0 radical (unpaired) electrons. The minimum absolute atomic E-state index is 0.219. The van der Waals surface area contributed by atoms with Crippen molar-refractivity contribution in [2.45, 2.75) is 20.0 Å². The van der Waals surface area contributed by atoms with E-state index in [2.05, 4.69) is 55.1 Å². The molecule has 0 saturated carbocycles. The first-order chi connectivity index (χ1) is 18.9. The summed E-state index contributed by atoms with van der Waals surface area (Å²) in [5, 5.41) is 4.13. The van der Waals surface area contributed by atoms with Crippen LogP contribution < -0.4 is 10.2 Å². The Morgan fingerprint density at radius 1 is 1.10 bits per heavy atom. The van der Waals surface area contributed by atoms with Gasteiger partial charge in [-0.3, -0.25) is 14.9 Å². The second-order valence-electron chi connectivity index (χ2n) is 9.97. The average molecular weight is 553 g/mol. The molecule has 0 atom stereocenters. The summed E-state index contributed by atoms with van der Waals surface area (Å²) in [6.07, 6.45) is 4.59. The molecule has 39 heavy (non-hydrogen) atoms. The minimum atomic E-state index is -0.439. The predicted octanol–water partition coefficient (Wildman–Crippen LogP) is 3.92. The summed E-state index contributed by atoms with van der Waals surface area (Å²) >= 11 is 6.71. The van der Waals surface area contributed by atoms with Gasteiger partial charge in [-0.05, 0) is 43.3 Å². The minimum Gasteiger partial charge on any atom is -0.378 e. The normalized spacial score (nSPS) is 17.2. The Bertz CT molecular complexity index is 1290. The van der Waals surface area contributed by atoms with Crippen LogP contribution in [-0.2, 0) is 17.8 Å². The fourth-order valence-corrected chi connectivity index (χ4v) is 5.09. The first kappa shape index (κ1) is 27.4. The van der Waals surface area contributed by atoms with Gasteiger partial charge in [-0.2, -0.15) is 0 Å². The van der Waals surface area contributed by atoms with Crippen LogP contribution in [0, 0.1) is 12.7 Å². The highest BCUT2D eigenvalue weighted by Gasteiger charge is 2.18. The molecule has 206 valence electrons.